The molecule has 1 heterocycles. The predicted molar refractivity (Wildman–Crippen MR) is 77.0 cm³/mol. The van der Waals surface area contributed by atoms with Crippen molar-refractivity contribution in [2.45, 2.75) is 25.9 Å². The minimum atomic E-state index is -0.401. The summed E-state index contributed by atoms with van der Waals surface area (Å²) in [4.78, 5) is 2.31. The number of benzene rings is 2. The maximum Gasteiger partial charge on any atom is 0.126 e. The summed E-state index contributed by atoms with van der Waals surface area (Å²) in [5.74, 6) is -0.362. The zero-order chi connectivity index (χ0) is 14.1. The summed E-state index contributed by atoms with van der Waals surface area (Å²) in [5.41, 5.74) is 3.53. The number of nitrogens with zero attached hydrogens (tertiary/aromatic N) is 1. The molecule has 2 nitrogen and oxygen atoms in total. The summed E-state index contributed by atoms with van der Waals surface area (Å²) >= 11 is 0. The molecule has 1 atom stereocenters. The Morgan fingerprint density at radius 1 is 1.15 bits per heavy atom. The first-order valence-electron chi connectivity index (χ1n) is 6.94. The third-order valence-corrected chi connectivity index (χ3v) is 4.15. The van der Waals surface area contributed by atoms with Gasteiger partial charge in [0.1, 0.15) is 11.6 Å². The summed E-state index contributed by atoms with van der Waals surface area (Å²) < 4.78 is 13.1. The van der Waals surface area contributed by atoms with Gasteiger partial charge in [0.05, 0.1) is 0 Å². The Morgan fingerprint density at radius 2 is 1.90 bits per heavy atom. The fourth-order valence-corrected chi connectivity index (χ4v) is 2.91. The zero-order valence-corrected chi connectivity index (χ0v) is 11.5. The van der Waals surface area contributed by atoms with Crippen LogP contribution >= 0.6 is 0 Å². The molecule has 2 aromatic carbocycles. The maximum absolute atomic E-state index is 13.1. The lowest BCUT2D eigenvalue weighted by Gasteiger charge is -2.34. The third-order valence-electron chi connectivity index (χ3n) is 4.15. The lowest BCUT2D eigenvalue weighted by molar-refractivity contribution is 0.189. The van der Waals surface area contributed by atoms with Crippen molar-refractivity contribution in [1.29, 1.82) is 0 Å². The minimum Gasteiger partial charge on any atom is -0.508 e. The summed E-state index contributed by atoms with van der Waals surface area (Å²) in [6, 6.07) is 12.8. The van der Waals surface area contributed by atoms with Crippen molar-refractivity contribution in [2.75, 3.05) is 6.54 Å². The largest absolute Gasteiger partial charge is 0.508 e. The Kier molecular flexibility index (Phi) is 3.45. The van der Waals surface area contributed by atoms with Crippen molar-refractivity contribution in [3.63, 3.8) is 0 Å². The van der Waals surface area contributed by atoms with Crippen LogP contribution in [0.4, 0.5) is 4.39 Å². The van der Waals surface area contributed by atoms with Crippen molar-refractivity contribution in [1.82, 2.24) is 4.90 Å². The molecule has 104 valence electrons. The molecule has 1 N–H and O–H groups in total. The SMILES string of the molecule is CC(c1ccc(F)cc1O)N1CCc2ccccc2C1. The number of phenolic OH excluding ortho intramolecular Hbond substituents is 1. The summed E-state index contributed by atoms with van der Waals surface area (Å²) in [5, 5.41) is 9.92. The zero-order valence-electron chi connectivity index (χ0n) is 11.5. The van der Waals surface area contributed by atoms with E-state index in [9.17, 15) is 9.50 Å². The Morgan fingerprint density at radius 3 is 2.65 bits per heavy atom. The van der Waals surface area contributed by atoms with Crippen LogP contribution in [0.2, 0.25) is 0 Å². The highest BCUT2D eigenvalue weighted by molar-refractivity contribution is 5.36. The van der Waals surface area contributed by atoms with Gasteiger partial charge in [-0.2, -0.15) is 0 Å². The second-order valence-electron chi connectivity index (χ2n) is 5.37. The minimum absolute atomic E-state index is 0.0383. The molecule has 1 aliphatic heterocycles. The maximum atomic E-state index is 13.1. The van der Waals surface area contributed by atoms with Crippen LogP contribution in [0, 0.1) is 5.82 Å². The van der Waals surface area contributed by atoms with Crippen LogP contribution in [0.1, 0.15) is 29.7 Å². The lowest BCUT2D eigenvalue weighted by Crippen LogP contribution is -2.32. The van der Waals surface area contributed by atoms with Crippen LogP contribution in [-0.2, 0) is 13.0 Å². The molecule has 2 aromatic rings. The van der Waals surface area contributed by atoms with Gasteiger partial charge in [-0.1, -0.05) is 30.3 Å². The number of halogens is 1. The molecule has 0 bridgehead atoms. The van der Waals surface area contributed by atoms with Gasteiger partial charge in [0.15, 0.2) is 0 Å². The Hall–Kier alpha value is -1.87. The molecule has 0 radical (unpaired) electrons. The van der Waals surface area contributed by atoms with Crippen LogP contribution < -0.4 is 0 Å². The predicted octanol–water partition coefficient (Wildman–Crippen LogP) is 3.65. The molecule has 0 aliphatic carbocycles. The molecule has 3 heteroatoms. The quantitative estimate of drug-likeness (QED) is 0.901. The molecule has 0 saturated carbocycles. The van der Waals surface area contributed by atoms with Crippen LogP contribution in [0.5, 0.6) is 5.75 Å². The van der Waals surface area contributed by atoms with E-state index >= 15 is 0 Å². The normalized spacial score (nSPS) is 16.7. The average Bonchev–Trinajstić information content (AvgIpc) is 2.46. The number of hydrogen-bond acceptors (Lipinski definition) is 2. The van der Waals surface area contributed by atoms with Gasteiger partial charge in [0, 0.05) is 30.8 Å². The van der Waals surface area contributed by atoms with Gasteiger partial charge in [-0.3, -0.25) is 4.90 Å². The van der Waals surface area contributed by atoms with Gasteiger partial charge in [-0.25, -0.2) is 4.39 Å². The topological polar surface area (TPSA) is 23.5 Å². The second-order valence-corrected chi connectivity index (χ2v) is 5.37. The van der Waals surface area contributed by atoms with E-state index in [-0.39, 0.29) is 11.8 Å². The summed E-state index contributed by atoms with van der Waals surface area (Å²) in [6.07, 6.45) is 1.02. The second kappa shape index (κ2) is 5.25. The number of rotatable bonds is 2. The smallest absolute Gasteiger partial charge is 0.126 e. The fourth-order valence-electron chi connectivity index (χ4n) is 2.91. The third kappa shape index (κ3) is 2.41. The van der Waals surface area contributed by atoms with Crippen LogP contribution in [0.3, 0.4) is 0 Å². The van der Waals surface area contributed by atoms with Crippen molar-refractivity contribution in [3.05, 3.63) is 65.0 Å². The van der Waals surface area contributed by atoms with Crippen molar-refractivity contribution < 1.29 is 9.50 Å². The first kappa shape index (κ1) is 13.1. The molecular weight excluding hydrogens is 253 g/mol. The molecule has 0 aromatic heterocycles. The van der Waals surface area contributed by atoms with Crippen molar-refractivity contribution in [3.8, 4) is 5.75 Å². The van der Waals surface area contributed by atoms with E-state index in [4.69, 9.17) is 0 Å². The van der Waals surface area contributed by atoms with Crippen LogP contribution in [-0.4, -0.2) is 16.6 Å². The highest BCUT2D eigenvalue weighted by Crippen LogP contribution is 2.32. The first-order chi connectivity index (χ1) is 9.65. The van der Waals surface area contributed by atoms with Gasteiger partial charge in [-0.05, 0) is 30.5 Å². The lowest BCUT2D eigenvalue weighted by atomic mass is 9.97. The monoisotopic (exact) mass is 271 g/mol. The van der Waals surface area contributed by atoms with E-state index in [0.29, 0.717) is 0 Å². The molecular formula is C17H18FNO. The van der Waals surface area contributed by atoms with E-state index in [0.717, 1.165) is 25.1 Å². The standard InChI is InChI=1S/C17H18FNO/c1-12(16-7-6-15(18)10-17(16)20)19-9-8-13-4-2-3-5-14(13)11-19/h2-7,10,12,20H,8-9,11H2,1H3. The Bertz CT molecular complexity index is 626. The number of hydrogen-bond donors (Lipinski definition) is 1. The van der Waals surface area contributed by atoms with Crippen LogP contribution in [0.15, 0.2) is 42.5 Å². The van der Waals surface area contributed by atoms with E-state index in [1.165, 1.54) is 23.3 Å². The summed E-state index contributed by atoms with van der Waals surface area (Å²) in [7, 11) is 0. The van der Waals surface area contributed by atoms with Gasteiger partial charge in [0.25, 0.3) is 0 Å². The van der Waals surface area contributed by atoms with E-state index in [1.807, 2.05) is 0 Å². The van der Waals surface area contributed by atoms with E-state index < -0.39 is 5.82 Å². The van der Waals surface area contributed by atoms with Crippen LogP contribution in [0.25, 0.3) is 0 Å². The molecule has 0 saturated heterocycles. The van der Waals surface area contributed by atoms with Crippen molar-refractivity contribution >= 4 is 0 Å². The summed E-state index contributed by atoms with van der Waals surface area (Å²) in [6.45, 7) is 3.88. The highest BCUT2D eigenvalue weighted by atomic mass is 19.1. The Labute approximate surface area is 118 Å². The first-order valence-corrected chi connectivity index (χ1v) is 6.94. The van der Waals surface area contributed by atoms with Gasteiger partial charge in [0.2, 0.25) is 0 Å². The molecule has 20 heavy (non-hydrogen) atoms. The number of fused-ring (bicyclic) bond motifs is 1. The molecule has 0 amide bonds. The molecule has 0 spiro atoms. The number of aromatic hydroxyl groups is 1. The number of phenols is 1. The van der Waals surface area contributed by atoms with Crippen molar-refractivity contribution in [2.24, 2.45) is 0 Å². The van der Waals surface area contributed by atoms with E-state index in [1.54, 1.807) is 6.07 Å². The molecule has 0 fully saturated rings. The molecule has 1 aliphatic rings. The molecule has 3 rings (SSSR count). The van der Waals surface area contributed by atoms with Gasteiger partial charge in [-0.15, -0.1) is 0 Å². The Balaban J connectivity index is 1.84. The molecule has 1 unspecified atom stereocenters. The van der Waals surface area contributed by atoms with E-state index in [2.05, 4.69) is 36.1 Å². The van der Waals surface area contributed by atoms with Gasteiger partial charge >= 0.3 is 0 Å². The fraction of sp³-hybridized carbons (Fsp3) is 0.294. The van der Waals surface area contributed by atoms with Gasteiger partial charge < -0.3 is 5.11 Å². The highest BCUT2D eigenvalue weighted by Gasteiger charge is 2.23. The average molecular weight is 271 g/mol.